The number of nitrogens with zero attached hydrogens (tertiary/aromatic N) is 3. The molecule has 8 nitrogen and oxygen atoms in total. The summed E-state index contributed by atoms with van der Waals surface area (Å²) in [5, 5.41) is 15.0. The van der Waals surface area contributed by atoms with Gasteiger partial charge < -0.3 is 15.0 Å². The average Bonchev–Trinajstić information content (AvgIpc) is 3.01. The molecule has 1 aliphatic carbocycles. The smallest absolute Gasteiger partial charge is 0.311 e. The molecule has 2 aromatic rings. The van der Waals surface area contributed by atoms with Crippen LogP contribution in [0.4, 0.5) is 5.69 Å². The van der Waals surface area contributed by atoms with Crippen LogP contribution in [-0.4, -0.2) is 22.2 Å². The summed E-state index contributed by atoms with van der Waals surface area (Å²) in [5.41, 5.74) is 6.53. The minimum absolute atomic E-state index is 0.0364. The molecule has 2 N–H and O–H groups in total. The number of hydrogen-bond donors (Lipinski definition) is 1. The normalized spacial score (nSPS) is 15.8. The van der Waals surface area contributed by atoms with Crippen LogP contribution in [-0.2, 0) is 17.0 Å². The molecule has 0 atom stereocenters. The number of aromatic nitrogens is 2. The maximum absolute atomic E-state index is 11.0. The van der Waals surface area contributed by atoms with Gasteiger partial charge in [0.25, 0.3) is 0 Å². The van der Waals surface area contributed by atoms with Crippen molar-refractivity contribution in [1.82, 2.24) is 10.1 Å². The van der Waals surface area contributed by atoms with Crippen LogP contribution in [0.25, 0.3) is 0 Å². The Bertz CT molecular complexity index is 745. The van der Waals surface area contributed by atoms with E-state index in [1.54, 1.807) is 23.9 Å². The number of ether oxygens (including phenoxy) is 1. The second-order valence-electron chi connectivity index (χ2n) is 5.78. The molecule has 1 heterocycles. The summed E-state index contributed by atoms with van der Waals surface area (Å²) in [5.74, 6) is 2.47. The fraction of sp³-hybridized carbons (Fsp3) is 0.467. The molecule has 0 aliphatic heterocycles. The third-order valence-electron chi connectivity index (χ3n) is 4.09. The minimum Gasteiger partial charge on any atom is -0.490 e. The highest BCUT2D eigenvalue weighted by molar-refractivity contribution is 7.97. The van der Waals surface area contributed by atoms with Crippen LogP contribution in [0.3, 0.4) is 0 Å². The Morgan fingerprint density at radius 2 is 2.25 bits per heavy atom. The van der Waals surface area contributed by atoms with E-state index >= 15 is 0 Å². The quantitative estimate of drug-likeness (QED) is 0.598. The molecule has 3 rings (SSSR count). The van der Waals surface area contributed by atoms with Crippen LogP contribution < -0.4 is 10.5 Å². The Kier molecular flexibility index (Phi) is 4.72. The molecule has 0 radical (unpaired) electrons. The number of methoxy groups -OCH3 is 1. The van der Waals surface area contributed by atoms with Crippen molar-refractivity contribution >= 4 is 17.4 Å². The molecule has 24 heavy (non-hydrogen) atoms. The van der Waals surface area contributed by atoms with E-state index in [4.69, 9.17) is 15.0 Å². The Morgan fingerprint density at radius 3 is 2.88 bits per heavy atom. The highest BCUT2D eigenvalue weighted by Crippen LogP contribution is 2.37. The molecule has 128 valence electrons. The molecular formula is C15H18N4O4S. The third-order valence-corrected chi connectivity index (χ3v) is 5.08. The van der Waals surface area contributed by atoms with Crippen LogP contribution in [0.15, 0.2) is 22.7 Å². The van der Waals surface area contributed by atoms with Gasteiger partial charge in [0.1, 0.15) is 0 Å². The summed E-state index contributed by atoms with van der Waals surface area (Å²) in [6, 6.07) is 4.93. The van der Waals surface area contributed by atoms with E-state index in [1.807, 2.05) is 0 Å². The number of thioether (sulfide) groups is 1. The fourth-order valence-corrected chi connectivity index (χ4v) is 3.33. The number of hydrogen-bond acceptors (Lipinski definition) is 8. The van der Waals surface area contributed by atoms with Gasteiger partial charge in [0, 0.05) is 11.8 Å². The van der Waals surface area contributed by atoms with Crippen molar-refractivity contribution in [3.05, 3.63) is 45.6 Å². The van der Waals surface area contributed by atoms with Gasteiger partial charge in [-0.2, -0.15) is 4.98 Å². The largest absolute Gasteiger partial charge is 0.490 e. The molecule has 1 fully saturated rings. The highest BCUT2D eigenvalue weighted by atomic mass is 32.2. The molecule has 9 heteroatoms. The van der Waals surface area contributed by atoms with Crippen LogP contribution in [0.1, 0.15) is 36.5 Å². The van der Waals surface area contributed by atoms with E-state index < -0.39 is 10.5 Å². The van der Waals surface area contributed by atoms with E-state index in [9.17, 15) is 10.1 Å². The summed E-state index contributed by atoms with van der Waals surface area (Å²) in [6.45, 7) is 0. The number of nitrogens with two attached hydrogens (primary N) is 1. The van der Waals surface area contributed by atoms with Crippen molar-refractivity contribution in [2.24, 2.45) is 5.73 Å². The SMILES string of the molecule is COc1ccc(CSCc2nc(C3(N)CCC3)no2)cc1[N+](=O)[O-]. The van der Waals surface area contributed by atoms with Crippen molar-refractivity contribution in [3.8, 4) is 5.75 Å². The maximum Gasteiger partial charge on any atom is 0.311 e. The molecule has 0 saturated heterocycles. The zero-order valence-corrected chi connectivity index (χ0v) is 14.0. The van der Waals surface area contributed by atoms with Gasteiger partial charge in [-0.25, -0.2) is 0 Å². The second-order valence-corrected chi connectivity index (χ2v) is 6.76. The van der Waals surface area contributed by atoms with Crippen LogP contribution in [0.2, 0.25) is 0 Å². The zero-order valence-electron chi connectivity index (χ0n) is 13.2. The number of nitro groups is 1. The van der Waals surface area contributed by atoms with E-state index in [0.29, 0.717) is 23.2 Å². The zero-order chi connectivity index (χ0) is 17.2. The first-order valence-corrected chi connectivity index (χ1v) is 8.68. The lowest BCUT2D eigenvalue weighted by atomic mass is 9.77. The first kappa shape index (κ1) is 16.7. The molecule has 1 aliphatic rings. The van der Waals surface area contributed by atoms with Gasteiger partial charge >= 0.3 is 5.69 Å². The Morgan fingerprint density at radius 1 is 1.46 bits per heavy atom. The van der Waals surface area contributed by atoms with Crippen molar-refractivity contribution in [2.75, 3.05) is 7.11 Å². The summed E-state index contributed by atoms with van der Waals surface area (Å²) >= 11 is 1.54. The van der Waals surface area contributed by atoms with Crippen molar-refractivity contribution in [3.63, 3.8) is 0 Å². The van der Waals surface area contributed by atoms with Gasteiger partial charge in [0.2, 0.25) is 5.89 Å². The molecular weight excluding hydrogens is 332 g/mol. The maximum atomic E-state index is 11.0. The van der Waals surface area contributed by atoms with Crippen LogP contribution >= 0.6 is 11.8 Å². The van der Waals surface area contributed by atoms with Gasteiger partial charge in [-0.3, -0.25) is 10.1 Å². The highest BCUT2D eigenvalue weighted by Gasteiger charge is 2.38. The Hall–Kier alpha value is -2.13. The first-order chi connectivity index (χ1) is 11.5. The van der Waals surface area contributed by atoms with Gasteiger partial charge in [0.05, 0.1) is 23.3 Å². The summed E-state index contributed by atoms with van der Waals surface area (Å²) in [4.78, 5) is 14.9. The van der Waals surface area contributed by atoms with E-state index in [1.165, 1.54) is 13.2 Å². The van der Waals surface area contributed by atoms with Crippen molar-refractivity contribution < 1.29 is 14.2 Å². The second kappa shape index (κ2) is 6.78. The van der Waals surface area contributed by atoms with Gasteiger partial charge in [-0.15, -0.1) is 11.8 Å². The molecule has 0 unspecified atom stereocenters. The average molecular weight is 350 g/mol. The fourth-order valence-electron chi connectivity index (χ4n) is 2.52. The molecule has 0 spiro atoms. The number of rotatable bonds is 7. The molecule has 1 saturated carbocycles. The van der Waals surface area contributed by atoms with E-state index in [-0.39, 0.29) is 11.4 Å². The predicted octanol–water partition coefficient (Wildman–Crippen LogP) is 2.76. The lowest BCUT2D eigenvalue weighted by Crippen LogP contribution is -2.44. The lowest BCUT2D eigenvalue weighted by molar-refractivity contribution is -0.385. The molecule has 0 bridgehead atoms. The minimum atomic E-state index is -0.448. The molecule has 0 amide bonds. The molecule has 1 aromatic heterocycles. The standard InChI is InChI=1S/C15H18N4O4S/c1-22-12-4-3-10(7-11(12)19(20)21)8-24-9-13-17-14(18-23-13)15(16)5-2-6-15/h3-4,7H,2,5-6,8-9,16H2,1H3. The summed E-state index contributed by atoms with van der Waals surface area (Å²) in [6.07, 6.45) is 2.86. The topological polar surface area (TPSA) is 117 Å². The third kappa shape index (κ3) is 3.36. The van der Waals surface area contributed by atoms with Gasteiger partial charge in [-0.1, -0.05) is 11.2 Å². The summed E-state index contributed by atoms with van der Waals surface area (Å²) < 4.78 is 10.2. The van der Waals surface area contributed by atoms with E-state index in [0.717, 1.165) is 24.8 Å². The Labute approximate surface area is 142 Å². The van der Waals surface area contributed by atoms with Crippen molar-refractivity contribution in [2.45, 2.75) is 36.3 Å². The van der Waals surface area contributed by atoms with Crippen LogP contribution in [0.5, 0.6) is 5.75 Å². The van der Waals surface area contributed by atoms with Crippen molar-refractivity contribution in [1.29, 1.82) is 0 Å². The number of benzene rings is 1. The molecule has 1 aromatic carbocycles. The first-order valence-electron chi connectivity index (χ1n) is 7.53. The van der Waals surface area contributed by atoms with E-state index in [2.05, 4.69) is 10.1 Å². The van der Waals surface area contributed by atoms with Gasteiger partial charge in [0.15, 0.2) is 11.6 Å². The predicted molar refractivity (Wildman–Crippen MR) is 88.7 cm³/mol. The monoisotopic (exact) mass is 350 g/mol. The summed E-state index contributed by atoms with van der Waals surface area (Å²) in [7, 11) is 1.41. The Balaban J connectivity index is 1.58. The lowest BCUT2D eigenvalue weighted by Gasteiger charge is -2.34. The number of nitro benzene ring substituents is 1. The van der Waals surface area contributed by atoms with Crippen LogP contribution in [0, 0.1) is 10.1 Å². The van der Waals surface area contributed by atoms with Gasteiger partial charge in [-0.05, 0) is 30.9 Å².